The highest BCUT2D eigenvalue weighted by molar-refractivity contribution is 5.96. The molecule has 2 aromatic rings. The van der Waals surface area contributed by atoms with Gasteiger partial charge in [0.2, 0.25) is 0 Å². The lowest BCUT2D eigenvalue weighted by molar-refractivity contribution is 0.0946. The predicted octanol–water partition coefficient (Wildman–Crippen LogP) is 3.35. The van der Waals surface area contributed by atoms with Crippen molar-refractivity contribution in [3.8, 4) is 5.75 Å². The molecule has 4 heteroatoms. The lowest BCUT2D eigenvalue weighted by atomic mass is 10.0. The molecule has 0 spiro atoms. The van der Waals surface area contributed by atoms with Gasteiger partial charge in [-0.1, -0.05) is 36.8 Å². The lowest BCUT2D eigenvalue weighted by Gasteiger charge is -2.26. The number of nitrogens with one attached hydrogen (secondary N) is 1. The van der Waals surface area contributed by atoms with Crippen molar-refractivity contribution in [1.82, 2.24) is 10.2 Å². The van der Waals surface area contributed by atoms with Crippen LogP contribution < -0.4 is 5.32 Å². The van der Waals surface area contributed by atoms with Crippen LogP contribution in [-0.4, -0.2) is 35.5 Å². The lowest BCUT2D eigenvalue weighted by Crippen LogP contribution is -2.31. The number of amides is 1. The van der Waals surface area contributed by atoms with Crippen molar-refractivity contribution in [2.75, 3.05) is 19.6 Å². The largest absolute Gasteiger partial charge is 0.508 e. The molecule has 0 aliphatic carbocycles. The minimum Gasteiger partial charge on any atom is -0.508 e. The minimum atomic E-state index is -0.0451. The second-order valence-corrected chi connectivity index (χ2v) is 6.67. The second-order valence-electron chi connectivity index (χ2n) is 6.67. The number of benzene rings is 2. The first-order valence-corrected chi connectivity index (χ1v) is 9.09. The van der Waals surface area contributed by atoms with Crippen LogP contribution in [0.1, 0.15) is 40.7 Å². The Labute approximate surface area is 149 Å². The maximum atomic E-state index is 11.2. The topological polar surface area (TPSA) is 52.6 Å². The first-order chi connectivity index (χ1) is 12.2. The molecule has 0 unspecified atom stereocenters. The van der Waals surface area contributed by atoms with Crippen molar-refractivity contribution in [2.45, 2.75) is 32.2 Å². The zero-order chi connectivity index (χ0) is 17.5. The molecule has 2 aromatic carbocycles. The first kappa shape index (κ1) is 17.5. The van der Waals surface area contributed by atoms with E-state index in [9.17, 15) is 4.79 Å². The quantitative estimate of drug-likeness (QED) is 0.883. The number of carbonyl (C=O) groups excluding carboxylic acids is 1. The highest BCUT2D eigenvalue weighted by Gasteiger charge is 2.15. The van der Waals surface area contributed by atoms with Gasteiger partial charge in [-0.3, -0.25) is 9.69 Å². The Morgan fingerprint density at radius 2 is 1.76 bits per heavy atom. The average molecular weight is 338 g/mol. The normalized spacial score (nSPS) is 17.0. The molecule has 0 atom stereocenters. The summed E-state index contributed by atoms with van der Waals surface area (Å²) in [5.74, 6) is 0.180. The van der Waals surface area contributed by atoms with Gasteiger partial charge in [0.15, 0.2) is 0 Å². The summed E-state index contributed by atoms with van der Waals surface area (Å²) < 4.78 is 0. The Kier molecular flexibility index (Phi) is 6.07. The summed E-state index contributed by atoms with van der Waals surface area (Å²) in [5, 5.41) is 11.9. The van der Waals surface area contributed by atoms with Gasteiger partial charge in [0.05, 0.1) is 0 Å². The van der Waals surface area contributed by atoms with E-state index < -0.39 is 0 Å². The van der Waals surface area contributed by atoms with Crippen molar-refractivity contribution in [2.24, 2.45) is 0 Å². The van der Waals surface area contributed by atoms with Gasteiger partial charge in [-0.05, 0) is 61.7 Å². The molecule has 4 rings (SSSR count). The van der Waals surface area contributed by atoms with Crippen LogP contribution in [0.25, 0.3) is 0 Å². The van der Waals surface area contributed by atoms with Crippen LogP contribution in [0.2, 0.25) is 0 Å². The fourth-order valence-electron chi connectivity index (χ4n) is 3.37. The molecular formula is C21H26N2O2. The molecule has 4 nitrogen and oxygen atoms in total. The standard InChI is InChI=1S/C12H17N.C9H9NO2/c1-3-7-12(8-4-1)11-13-9-5-2-6-10-13;11-7-1-2-8-6(5-7)3-4-10-9(8)12/h1,3-4,7-8H,2,5-6,9-11H2;1-2,5,11H,3-4H2,(H,10,12). The van der Waals surface area contributed by atoms with E-state index in [1.165, 1.54) is 44.0 Å². The van der Waals surface area contributed by atoms with Gasteiger partial charge in [0.25, 0.3) is 5.91 Å². The van der Waals surface area contributed by atoms with Crippen molar-refractivity contribution in [1.29, 1.82) is 0 Å². The van der Waals surface area contributed by atoms with Gasteiger partial charge >= 0.3 is 0 Å². The predicted molar refractivity (Wildman–Crippen MR) is 99.7 cm³/mol. The van der Waals surface area contributed by atoms with Crippen molar-refractivity contribution < 1.29 is 9.90 Å². The molecule has 0 aromatic heterocycles. The summed E-state index contributed by atoms with van der Waals surface area (Å²) in [6.07, 6.45) is 4.99. The van der Waals surface area contributed by atoms with Crippen LogP contribution >= 0.6 is 0 Å². The van der Waals surface area contributed by atoms with Crippen LogP contribution in [0.5, 0.6) is 5.75 Å². The molecule has 25 heavy (non-hydrogen) atoms. The maximum absolute atomic E-state index is 11.2. The van der Waals surface area contributed by atoms with Crippen LogP contribution in [-0.2, 0) is 13.0 Å². The number of piperidine rings is 1. The summed E-state index contributed by atoms with van der Waals surface area (Å²) in [5.41, 5.74) is 3.06. The van der Waals surface area contributed by atoms with Crippen molar-refractivity contribution >= 4 is 5.91 Å². The van der Waals surface area contributed by atoms with Gasteiger partial charge in [0.1, 0.15) is 5.75 Å². The smallest absolute Gasteiger partial charge is 0.251 e. The molecule has 1 amide bonds. The molecule has 2 N–H and O–H groups in total. The van der Waals surface area contributed by atoms with Crippen molar-refractivity contribution in [3.63, 3.8) is 0 Å². The Hall–Kier alpha value is -2.33. The summed E-state index contributed by atoms with van der Waals surface area (Å²) in [6, 6.07) is 15.6. The van der Waals surface area contributed by atoms with E-state index in [-0.39, 0.29) is 11.7 Å². The number of hydrogen-bond acceptors (Lipinski definition) is 3. The van der Waals surface area contributed by atoms with Gasteiger partial charge in [-0.25, -0.2) is 0 Å². The highest BCUT2D eigenvalue weighted by atomic mass is 16.3. The molecule has 0 saturated carbocycles. The Bertz CT molecular complexity index is 694. The molecule has 2 heterocycles. The molecule has 1 saturated heterocycles. The second kappa shape index (κ2) is 8.67. The summed E-state index contributed by atoms with van der Waals surface area (Å²) >= 11 is 0. The Morgan fingerprint density at radius 1 is 1.00 bits per heavy atom. The fraction of sp³-hybridized carbons (Fsp3) is 0.381. The van der Waals surface area contributed by atoms with E-state index in [2.05, 4.69) is 40.5 Å². The van der Waals surface area contributed by atoms with E-state index in [4.69, 9.17) is 5.11 Å². The van der Waals surface area contributed by atoms with Crippen LogP contribution in [0.3, 0.4) is 0 Å². The summed E-state index contributed by atoms with van der Waals surface area (Å²) in [6.45, 7) is 4.37. The molecule has 132 valence electrons. The van der Waals surface area contributed by atoms with Gasteiger partial charge < -0.3 is 10.4 Å². The average Bonchev–Trinajstić information content (AvgIpc) is 2.64. The zero-order valence-electron chi connectivity index (χ0n) is 14.6. The van der Waals surface area contributed by atoms with Crippen LogP contribution in [0.4, 0.5) is 0 Å². The number of rotatable bonds is 2. The number of hydrogen-bond donors (Lipinski definition) is 2. The molecule has 1 fully saturated rings. The third-order valence-corrected chi connectivity index (χ3v) is 4.71. The number of phenolic OH excluding ortho intramolecular Hbond substituents is 1. The third kappa shape index (κ3) is 5.07. The summed E-state index contributed by atoms with van der Waals surface area (Å²) in [7, 11) is 0. The fourth-order valence-corrected chi connectivity index (χ4v) is 3.37. The number of carbonyl (C=O) groups is 1. The monoisotopic (exact) mass is 338 g/mol. The molecule has 0 radical (unpaired) electrons. The molecule has 0 bridgehead atoms. The van der Waals surface area contributed by atoms with E-state index >= 15 is 0 Å². The number of nitrogens with zero attached hydrogens (tertiary/aromatic N) is 1. The highest BCUT2D eigenvalue weighted by Crippen LogP contribution is 2.19. The maximum Gasteiger partial charge on any atom is 0.251 e. The van der Waals surface area contributed by atoms with Gasteiger partial charge in [-0.15, -0.1) is 0 Å². The third-order valence-electron chi connectivity index (χ3n) is 4.71. The molecule has 2 aliphatic heterocycles. The van der Waals surface area contributed by atoms with Crippen LogP contribution in [0, 0.1) is 0 Å². The Balaban J connectivity index is 0.000000146. The van der Waals surface area contributed by atoms with Crippen LogP contribution in [0.15, 0.2) is 48.5 Å². The van der Waals surface area contributed by atoms with E-state index in [0.717, 1.165) is 18.5 Å². The number of phenols is 1. The number of likely N-dealkylation sites (tertiary alicyclic amines) is 1. The van der Waals surface area contributed by atoms with Gasteiger partial charge in [0, 0.05) is 18.7 Å². The summed E-state index contributed by atoms with van der Waals surface area (Å²) in [4.78, 5) is 13.8. The number of aromatic hydroxyl groups is 1. The van der Waals surface area contributed by atoms with E-state index in [1.807, 2.05) is 0 Å². The SMILES string of the molecule is O=C1NCCc2cc(O)ccc21.c1ccc(CN2CCCCC2)cc1. The van der Waals surface area contributed by atoms with E-state index in [1.54, 1.807) is 12.1 Å². The van der Waals surface area contributed by atoms with E-state index in [0.29, 0.717) is 12.1 Å². The molecular weight excluding hydrogens is 312 g/mol. The van der Waals surface area contributed by atoms with Gasteiger partial charge in [-0.2, -0.15) is 0 Å². The minimum absolute atomic E-state index is 0.0451. The van der Waals surface area contributed by atoms with Crippen molar-refractivity contribution in [3.05, 3.63) is 65.2 Å². The zero-order valence-corrected chi connectivity index (χ0v) is 14.6. The Morgan fingerprint density at radius 3 is 2.52 bits per heavy atom. The first-order valence-electron chi connectivity index (χ1n) is 9.09. The molecule has 2 aliphatic rings. The number of fused-ring (bicyclic) bond motifs is 1.